The Balaban J connectivity index is 1.65. The second kappa shape index (κ2) is 5.17. The highest BCUT2D eigenvalue weighted by atomic mass is 79.9. The van der Waals surface area contributed by atoms with Gasteiger partial charge < -0.3 is 5.11 Å². The summed E-state index contributed by atoms with van der Waals surface area (Å²) >= 11 is 3.58. The summed E-state index contributed by atoms with van der Waals surface area (Å²) in [5.41, 5.74) is 2.72. The van der Waals surface area contributed by atoms with Crippen molar-refractivity contribution in [2.45, 2.75) is 70.3 Å². The van der Waals surface area contributed by atoms with Crippen molar-refractivity contribution >= 4 is 21.7 Å². The predicted octanol–water partition coefficient (Wildman–Crippen LogP) is 4.40. The minimum Gasteiger partial charge on any atom is -0.388 e. The molecule has 22 heavy (non-hydrogen) atoms. The van der Waals surface area contributed by atoms with E-state index in [9.17, 15) is 9.90 Å². The third-order valence-electron chi connectivity index (χ3n) is 7.74. The molecule has 0 bridgehead atoms. The quantitative estimate of drug-likeness (QED) is 0.551. The van der Waals surface area contributed by atoms with E-state index in [0.29, 0.717) is 22.9 Å². The van der Waals surface area contributed by atoms with Gasteiger partial charge in [-0.1, -0.05) is 34.0 Å². The Hall–Kier alpha value is -0.150. The van der Waals surface area contributed by atoms with Crippen LogP contribution in [0.25, 0.3) is 0 Å². The molecule has 2 saturated carbocycles. The van der Waals surface area contributed by atoms with Crippen molar-refractivity contribution in [3.63, 3.8) is 0 Å². The second-order valence-electron chi connectivity index (χ2n) is 8.42. The molecule has 0 radical (unpaired) electrons. The number of hydrogen-bond acceptors (Lipinski definition) is 2. The maximum absolute atomic E-state index is 11.8. The highest BCUT2D eigenvalue weighted by Crippen LogP contribution is 2.64. The van der Waals surface area contributed by atoms with Gasteiger partial charge in [0, 0.05) is 23.6 Å². The smallest absolute Gasteiger partial charge is 0.137 e. The van der Waals surface area contributed by atoms with Crippen LogP contribution in [0.3, 0.4) is 0 Å². The number of carbonyl (C=O) groups is 1. The number of ketones is 1. The summed E-state index contributed by atoms with van der Waals surface area (Å²) in [6.45, 7) is 2.34. The van der Waals surface area contributed by atoms with Crippen LogP contribution in [-0.4, -0.2) is 21.8 Å². The number of aliphatic hydroxyl groups is 1. The second-order valence-corrected chi connectivity index (χ2v) is 8.98. The fourth-order valence-corrected chi connectivity index (χ4v) is 7.30. The Kier molecular flexibility index (Phi) is 3.62. The van der Waals surface area contributed by atoms with Crippen LogP contribution in [0.2, 0.25) is 0 Å². The number of allylic oxidation sites excluding steroid dienone is 2. The standard InChI is InChI=1S/C19H27BrO2/c1-18-8-6-15-14-5-3-13(21)10-12(14)2-4-16(15)17(18)7-9-19(18,22)11-20/h15-17,22H,2-11H2,1H3/t15-,16-,17+,18+,19-/m1/s1. The first-order chi connectivity index (χ1) is 10.5. The number of carbonyl (C=O) groups excluding carboxylic acids is 1. The summed E-state index contributed by atoms with van der Waals surface area (Å²) in [4.78, 5) is 11.8. The first kappa shape index (κ1) is 15.4. The molecule has 5 atom stereocenters. The van der Waals surface area contributed by atoms with Crippen molar-refractivity contribution < 1.29 is 9.90 Å². The minimum atomic E-state index is -0.514. The predicted molar refractivity (Wildman–Crippen MR) is 90.9 cm³/mol. The summed E-state index contributed by atoms with van der Waals surface area (Å²) in [7, 11) is 0. The molecule has 2 nitrogen and oxygen atoms in total. The van der Waals surface area contributed by atoms with E-state index < -0.39 is 5.60 Å². The van der Waals surface area contributed by atoms with Crippen molar-refractivity contribution in [3.8, 4) is 0 Å². The van der Waals surface area contributed by atoms with Crippen molar-refractivity contribution in [2.75, 3.05) is 5.33 Å². The van der Waals surface area contributed by atoms with E-state index >= 15 is 0 Å². The zero-order valence-corrected chi connectivity index (χ0v) is 15.1. The molecule has 0 saturated heterocycles. The monoisotopic (exact) mass is 366 g/mol. The molecule has 0 aromatic heterocycles. The molecule has 4 aliphatic rings. The molecule has 3 heteroatoms. The first-order valence-electron chi connectivity index (χ1n) is 8.99. The maximum atomic E-state index is 11.8. The molecule has 4 rings (SSSR count). The van der Waals surface area contributed by atoms with Crippen molar-refractivity contribution in [1.82, 2.24) is 0 Å². The van der Waals surface area contributed by atoms with E-state index in [-0.39, 0.29) is 5.41 Å². The Morgan fingerprint density at radius 1 is 1.18 bits per heavy atom. The molecule has 0 aliphatic heterocycles. The van der Waals surface area contributed by atoms with Crippen LogP contribution >= 0.6 is 15.9 Å². The lowest BCUT2D eigenvalue weighted by molar-refractivity contribution is -0.119. The van der Waals surface area contributed by atoms with Gasteiger partial charge in [-0.25, -0.2) is 0 Å². The summed E-state index contributed by atoms with van der Waals surface area (Å²) in [5.74, 6) is 2.58. The minimum absolute atomic E-state index is 0.0835. The van der Waals surface area contributed by atoms with Gasteiger partial charge in [0.1, 0.15) is 5.78 Å². The summed E-state index contributed by atoms with van der Waals surface area (Å²) in [6.07, 6.45) is 9.43. The molecule has 0 aromatic rings. The molecule has 2 fully saturated rings. The van der Waals surface area contributed by atoms with Gasteiger partial charge in [0.15, 0.2) is 0 Å². The van der Waals surface area contributed by atoms with Crippen LogP contribution in [-0.2, 0) is 4.79 Å². The lowest BCUT2D eigenvalue weighted by Gasteiger charge is -2.54. The fourth-order valence-electron chi connectivity index (χ4n) is 6.38. The summed E-state index contributed by atoms with van der Waals surface area (Å²) in [5, 5.41) is 11.8. The van der Waals surface area contributed by atoms with E-state index in [2.05, 4.69) is 22.9 Å². The topological polar surface area (TPSA) is 37.3 Å². The summed E-state index contributed by atoms with van der Waals surface area (Å²) in [6, 6.07) is 0. The normalized spacial score (nSPS) is 48.0. The van der Waals surface area contributed by atoms with Gasteiger partial charge in [-0.2, -0.15) is 0 Å². The average molecular weight is 367 g/mol. The molecule has 4 aliphatic carbocycles. The number of rotatable bonds is 1. The van der Waals surface area contributed by atoms with Gasteiger partial charge in [0.2, 0.25) is 0 Å². The molecule has 0 spiro atoms. The van der Waals surface area contributed by atoms with Gasteiger partial charge in [0.25, 0.3) is 0 Å². The van der Waals surface area contributed by atoms with Crippen LogP contribution in [0.4, 0.5) is 0 Å². The fraction of sp³-hybridized carbons (Fsp3) is 0.842. The van der Waals surface area contributed by atoms with E-state index in [4.69, 9.17) is 0 Å². The zero-order valence-electron chi connectivity index (χ0n) is 13.5. The Labute approximate surface area is 141 Å². The van der Waals surface area contributed by atoms with E-state index in [0.717, 1.165) is 44.4 Å². The largest absolute Gasteiger partial charge is 0.388 e. The maximum Gasteiger partial charge on any atom is 0.137 e. The number of alkyl halides is 1. The molecular formula is C19H27BrO2. The highest BCUT2D eigenvalue weighted by Gasteiger charge is 2.61. The Morgan fingerprint density at radius 3 is 2.77 bits per heavy atom. The van der Waals surface area contributed by atoms with E-state index in [1.165, 1.54) is 24.8 Å². The Morgan fingerprint density at radius 2 is 2.00 bits per heavy atom. The number of hydrogen-bond donors (Lipinski definition) is 1. The third-order valence-corrected chi connectivity index (χ3v) is 8.67. The summed E-state index contributed by atoms with van der Waals surface area (Å²) < 4.78 is 0. The van der Waals surface area contributed by atoms with Crippen LogP contribution in [0.1, 0.15) is 64.7 Å². The zero-order chi connectivity index (χ0) is 15.5. The third kappa shape index (κ3) is 1.97. The molecule has 0 aromatic carbocycles. The van der Waals surface area contributed by atoms with Gasteiger partial charge in [-0.3, -0.25) is 4.79 Å². The van der Waals surface area contributed by atoms with E-state index in [1.54, 1.807) is 5.57 Å². The molecule has 1 N–H and O–H groups in total. The van der Waals surface area contributed by atoms with Gasteiger partial charge in [0.05, 0.1) is 5.60 Å². The van der Waals surface area contributed by atoms with Gasteiger partial charge >= 0.3 is 0 Å². The van der Waals surface area contributed by atoms with Crippen molar-refractivity contribution in [2.24, 2.45) is 23.2 Å². The van der Waals surface area contributed by atoms with Crippen LogP contribution in [0.5, 0.6) is 0 Å². The van der Waals surface area contributed by atoms with Crippen LogP contribution < -0.4 is 0 Å². The molecular weight excluding hydrogens is 340 g/mol. The highest BCUT2D eigenvalue weighted by molar-refractivity contribution is 9.09. The SMILES string of the molecule is C[C@]12CC[C@@H]3C4=C(CC[C@H]3[C@@H]1CC[C@@]2(O)CBr)CC(=O)CC4. The van der Waals surface area contributed by atoms with Crippen molar-refractivity contribution in [1.29, 1.82) is 0 Å². The Bertz CT molecular complexity index is 540. The lowest BCUT2D eigenvalue weighted by Crippen LogP contribution is -2.52. The average Bonchev–Trinajstić information content (AvgIpc) is 2.79. The number of Topliss-reactive ketones (excluding diaryl/α,β-unsaturated/α-hetero) is 1. The number of halogens is 1. The molecule has 0 unspecified atom stereocenters. The molecule has 0 amide bonds. The molecule has 122 valence electrons. The first-order valence-corrected chi connectivity index (χ1v) is 10.1. The van der Waals surface area contributed by atoms with Crippen molar-refractivity contribution in [3.05, 3.63) is 11.1 Å². The van der Waals surface area contributed by atoms with E-state index in [1.807, 2.05) is 0 Å². The van der Waals surface area contributed by atoms with Gasteiger partial charge in [-0.05, 0) is 62.7 Å². The van der Waals surface area contributed by atoms with Crippen LogP contribution in [0.15, 0.2) is 11.1 Å². The van der Waals surface area contributed by atoms with Gasteiger partial charge in [-0.15, -0.1) is 0 Å². The number of fused-ring (bicyclic) bond motifs is 4. The lowest BCUT2D eigenvalue weighted by atomic mass is 9.52. The molecule has 0 heterocycles. The van der Waals surface area contributed by atoms with Crippen LogP contribution in [0, 0.1) is 23.2 Å².